The lowest BCUT2D eigenvalue weighted by atomic mass is 10.3. The van der Waals surface area contributed by atoms with Crippen molar-refractivity contribution < 1.29 is 0 Å². The topological polar surface area (TPSA) is 55.6 Å². The van der Waals surface area contributed by atoms with E-state index >= 15 is 0 Å². The number of nitrogens with one attached hydrogen (secondary N) is 1. The smallest absolute Gasteiger partial charge is 0.134 e. The van der Waals surface area contributed by atoms with Gasteiger partial charge in [-0.1, -0.05) is 18.5 Å². The maximum absolute atomic E-state index is 5.97. The molecule has 102 valence electrons. The standard InChI is InChI=1S/C13H18ClN5/c1-2-5-12-17-11(14)10-13(18-12)15-6-3-8-19-9-4-7-16-19/h4,7,9-10H,2-3,5-6,8H2,1H3,(H,15,17,18). The Morgan fingerprint density at radius 3 is 3.00 bits per heavy atom. The fourth-order valence-corrected chi connectivity index (χ4v) is 1.98. The molecule has 0 saturated heterocycles. The first kappa shape index (κ1) is 13.8. The van der Waals surface area contributed by atoms with Crippen molar-refractivity contribution in [2.24, 2.45) is 0 Å². The van der Waals surface area contributed by atoms with Gasteiger partial charge in [0.15, 0.2) is 0 Å². The molecule has 0 atom stereocenters. The van der Waals surface area contributed by atoms with Crippen molar-refractivity contribution in [1.29, 1.82) is 0 Å². The van der Waals surface area contributed by atoms with E-state index in [1.165, 1.54) is 0 Å². The number of hydrogen-bond acceptors (Lipinski definition) is 4. The first-order valence-corrected chi connectivity index (χ1v) is 6.90. The van der Waals surface area contributed by atoms with Crippen molar-refractivity contribution in [2.75, 3.05) is 11.9 Å². The molecule has 0 aliphatic carbocycles. The molecule has 1 N–H and O–H groups in total. The molecule has 0 amide bonds. The van der Waals surface area contributed by atoms with Gasteiger partial charge < -0.3 is 5.32 Å². The zero-order chi connectivity index (χ0) is 13.5. The second-order valence-corrected chi connectivity index (χ2v) is 4.68. The zero-order valence-corrected chi connectivity index (χ0v) is 11.8. The van der Waals surface area contributed by atoms with Crippen LogP contribution in [0.4, 0.5) is 5.82 Å². The Hall–Kier alpha value is -1.62. The molecule has 0 unspecified atom stereocenters. The molecule has 5 nitrogen and oxygen atoms in total. The van der Waals surface area contributed by atoms with Gasteiger partial charge in [-0.3, -0.25) is 4.68 Å². The van der Waals surface area contributed by atoms with E-state index in [1.54, 1.807) is 12.3 Å². The molecular weight excluding hydrogens is 262 g/mol. The summed E-state index contributed by atoms with van der Waals surface area (Å²) in [7, 11) is 0. The highest BCUT2D eigenvalue weighted by molar-refractivity contribution is 6.29. The number of nitrogens with zero attached hydrogens (tertiary/aromatic N) is 4. The lowest BCUT2D eigenvalue weighted by Crippen LogP contribution is -2.09. The second-order valence-electron chi connectivity index (χ2n) is 4.29. The summed E-state index contributed by atoms with van der Waals surface area (Å²) in [4.78, 5) is 8.62. The van der Waals surface area contributed by atoms with Gasteiger partial charge in [0.25, 0.3) is 0 Å². The second kappa shape index (κ2) is 7.09. The summed E-state index contributed by atoms with van der Waals surface area (Å²) in [5, 5.41) is 7.92. The van der Waals surface area contributed by atoms with E-state index in [0.29, 0.717) is 5.15 Å². The van der Waals surface area contributed by atoms with Crippen molar-refractivity contribution >= 4 is 17.4 Å². The molecule has 2 heterocycles. The van der Waals surface area contributed by atoms with E-state index in [2.05, 4.69) is 27.3 Å². The van der Waals surface area contributed by atoms with Gasteiger partial charge in [-0.25, -0.2) is 9.97 Å². The van der Waals surface area contributed by atoms with Gasteiger partial charge in [0, 0.05) is 38.0 Å². The summed E-state index contributed by atoms with van der Waals surface area (Å²) in [5.41, 5.74) is 0. The Balaban J connectivity index is 1.81. The maximum atomic E-state index is 5.97. The van der Waals surface area contributed by atoms with Gasteiger partial charge >= 0.3 is 0 Å². The predicted molar refractivity (Wildman–Crippen MR) is 76.4 cm³/mol. The molecule has 2 aromatic heterocycles. The number of aryl methyl sites for hydroxylation is 2. The Morgan fingerprint density at radius 2 is 2.26 bits per heavy atom. The Labute approximate surface area is 118 Å². The minimum absolute atomic E-state index is 0.494. The number of halogens is 1. The maximum Gasteiger partial charge on any atom is 0.134 e. The summed E-state index contributed by atoms with van der Waals surface area (Å²) in [5.74, 6) is 1.59. The van der Waals surface area contributed by atoms with Crippen LogP contribution in [0.3, 0.4) is 0 Å². The highest BCUT2D eigenvalue weighted by atomic mass is 35.5. The van der Waals surface area contributed by atoms with E-state index in [9.17, 15) is 0 Å². The van der Waals surface area contributed by atoms with Crippen LogP contribution in [0.1, 0.15) is 25.6 Å². The van der Waals surface area contributed by atoms with Gasteiger partial charge in [0.1, 0.15) is 16.8 Å². The van der Waals surface area contributed by atoms with Crippen LogP contribution in [0, 0.1) is 0 Å². The third-order valence-corrected chi connectivity index (χ3v) is 2.84. The van der Waals surface area contributed by atoms with Crippen LogP contribution in [-0.4, -0.2) is 26.3 Å². The van der Waals surface area contributed by atoms with Crippen molar-refractivity contribution in [1.82, 2.24) is 19.7 Å². The van der Waals surface area contributed by atoms with Crippen LogP contribution >= 0.6 is 11.6 Å². The van der Waals surface area contributed by atoms with E-state index in [1.807, 2.05) is 16.9 Å². The van der Waals surface area contributed by atoms with E-state index in [-0.39, 0.29) is 0 Å². The molecule has 0 aliphatic rings. The van der Waals surface area contributed by atoms with Crippen molar-refractivity contribution in [3.8, 4) is 0 Å². The summed E-state index contributed by atoms with van der Waals surface area (Å²) >= 11 is 5.97. The van der Waals surface area contributed by atoms with Crippen LogP contribution in [0.2, 0.25) is 5.15 Å². The summed E-state index contributed by atoms with van der Waals surface area (Å²) in [6.07, 6.45) is 6.59. The van der Waals surface area contributed by atoms with E-state index in [4.69, 9.17) is 11.6 Å². The lowest BCUT2D eigenvalue weighted by Gasteiger charge is -2.07. The van der Waals surface area contributed by atoms with Crippen LogP contribution < -0.4 is 5.32 Å². The van der Waals surface area contributed by atoms with Gasteiger partial charge in [-0.2, -0.15) is 5.10 Å². The average molecular weight is 280 g/mol. The molecule has 6 heteroatoms. The van der Waals surface area contributed by atoms with Gasteiger partial charge in [-0.05, 0) is 18.9 Å². The number of anilines is 1. The first-order chi connectivity index (χ1) is 9.28. The molecular formula is C13H18ClN5. The predicted octanol–water partition coefficient (Wildman–Crippen LogP) is 2.78. The minimum Gasteiger partial charge on any atom is -0.370 e. The van der Waals surface area contributed by atoms with E-state index < -0.39 is 0 Å². The molecule has 0 fully saturated rings. The number of hydrogen-bond donors (Lipinski definition) is 1. The molecule has 19 heavy (non-hydrogen) atoms. The van der Waals surface area contributed by atoms with Crippen molar-refractivity contribution in [3.05, 3.63) is 35.5 Å². The molecule has 2 rings (SSSR count). The van der Waals surface area contributed by atoms with Gasteiger partial charge in [0.05, 0.1) is 0 Å². The molecule has 0 aliphatic heterocycles. The quantitative estimate of drug-likeness (QED) is 0.625. The Bertz CT molecular complexity index is 498. The molecule has 2 aromatic rings. The Morgan fingerprint density at radius 1 is 1.37 bits per heavy atom. The summed E-state index contributed by atoms with van der Waals surface area (Å²) < 4.78 is 1.91. The minimum atomic E-state index is 0.494. The lowest BCUT2D eigenvalue weighted by molar-refractivity contribution is 0.591. The molecule has 0 saturated carbocycles. The Kier molecular flexibility index (Phi) is 5.15. The largest absolute Gasteiger partial charge is 0.370 e. The van der Waals surface area contributed by atoms with Gasteiger partial charge in [-0.15, -0.1) is 0 Å². The van der Waals surface area contributed by atoms with Crippen LogP contribution in [0.15, 0.2) is 24.5 Å². The summed E-state index contributed by atoms with van der Waals surface area (Å²) in [6, 6.07) is 3.68. The SMILES string of the molecule is CCCc1nc(Cl)cc(NCCCn2cccn2)n1. The van der Waals surface area contributed by atoms with Crippen LogP contribution in [0.25, 0.3) is 0 Å². The van der Waals surface area contributed by atoms with E-state index in [0.717, 1.165) is 44.0 Å². The van der Waals surface area contributed by atoms with Crippen molar-refractivity contribution in [2.45, 2.75) is 32.7 Å². The first-order valence-electron chi connectivity index (χ1n) is 6.52. The highest BCUT2D eigenvalue weighted by Gasteiger charge is 2.02. The molecule has 0 radical (unpaired) electrons. The normalized spacial score (nSPS) is 10.6. The molecule has 0 aromatic carbocycles. The highest BCUT2D eigenvalue weighted by Crippen LogP contribution is 2.12. The number of rotatable bonds is 7. The molecule has 0 spiro atoms. The average Bonchev–Trinajstić information content (AvgIpc) is 2.87. The molecule has 0 bridgehead atoms. The van der Waals surface area contributed by atoms with Gasteiger partial charge in [0.2, 0.25) is 0 Å². The summed E-state index contributed by atoms with van der Waals surface area (Å²) in [6.45, 7) is 3.82. The fraction of sp³-hybridized carbons (Fsp3) is 0.462. The third-order valence-electron chi connectivity index (χ3n) is 2.64. The number of aromatic nitrogens is 4. The van der Waals surface area contributed by atoms with Crippen LogP contribution in [0.5, 0.6) is 0 Å². The van der Waals surface area contributed by atoms with Crippen LogP contribution in [-0.2, 0) is 13.0 Å². The monoisotopic (exact) mass is 279 g/mol. The zero-order valence-electron chi connectivity index (χ0n) is 11.0. The fourth-order valence-electron chi connectivity index (χ4n) is 1.78. The third kappa shape index (κ3) is 4.52. The van der Waals surface area contributed by atoms with Crippen molar-refractivity contribution in [3.63, 3.8) is 0 Å².